The van der Waals surface area contributed by atoms with Crippen LogP contribution in [0.15, 0.2) is 74.2 Å². The van der Waals surface area contributed by atoms with Crippen molar-refractivity contribution in [1.82, 2.24) is 15.8 Å². The monoisotopic (exact) mass is 474 g/mol. The maximum Gasteiger partial charge on any atom is 0.289 e. The van der Waals surface area contributed by atoms with Gasteiger partial charge in [0.25, 0.3) is 21.8 Å². The predicted octanol–water partition coefficient (Wildman–Crippen LogP) is 3.34. The third-order valence-electron chi connectivity index (χ3n) is 3.93. The third-order valence-corrected chi connectivity index (χ3v) is 7.55. The zero-order valence-electron chi connectivity index (χ0n) is 15.6. The van der Waals surface area contributed by atoms with Gasteiger partial charge in [0, 0.05) is 5.38 Å². The molecule has 9 nitrogen and oxygen atoms in total. The Kier molecular flexibility index (Phi) is 5.84. The summed E-state index contributed by atoms with van der Waals surface area (Å²) < 4.78 is 32.7. The molecule has 0 saturated heterocycles. The molecule has 4 rings (SSSR count). The molecule has 0 atom stereocenters. The maximum atomic E-state index is 12.6. The number of sulfonamides is 1. The van der Waals surface area contributed by atoms with E-state index in [1.54, 1.807) is 35.7 Å². The van der Waals surface area contributed by atoms with Crippen LogP contribution >= 0.6 is 22.7 Å². The number of aromatic nitrogens is 1. The lowest BCUT2D eigenvalue weighted by Crippen LogP contribution is -2.42. The van der Waals surface area contributed by atoms with Crippen LogP contribution in [0.3, 0.4) is 0 Å². The van der Waals surface area contributed by atoms with E-state index in [0.717, 1.165) is 11.3 Å². The van der Waals surface area contributed by atoms with E-state index in [4.69, 9.17) is 4.42 Å². The fourth-order valence-electron chi connectivity index (χ4n) is 2.52. The van der Waals surface area contributed by atoms with E-state index < -0.39 is 21.8 Å². The quantitative estimate of drug-likeness (QED) is 0.368. The number of hydrazine groups is 1. The molecule has 0 aliphatic carbocycles. The highest BCUT2D eigenvalue weighted by molar-refractivity contribution is 7.94. The summed E-state index contributed by atoms with van der Waals surface area (Å²) in [7, 11) is -3.84. The van der Waals surface area contributed by atoms with Gasteiger partial charge in [-0.25, -0.2) is 13.4 Å². The lowest BCUT2D eigenvalue weighted by Gasteiger charge is -2.12. The SMILES string of the molecule is O=C(NNC(=O)c1ccccc1NS(=O)(=O)c1cccs1)c1csc(-c2ccco2)n1. The molecule has 4 aromatic rings. The van der Waals surface area contributed by atoms with Crippen LogP contribution in [0.2, 0.25) is 0 Å². The van der Waals surface area contributed by atoms with Crippen molar-refractivity contribution in [2.24, 2.45) is 0 Å². The van der Waals surface area contributed by atoms with E-state index in [1.165, 1.54) is 41.2 Å². The van der Waals surface area contributed by atoms with Crippen molar-refractivity contribution < 1.29 is 22.4 Å². The summed E-state index contributed by atoms with van der Waals surface area (Å²) in [5.41, 5.74) is 4.77. The number of para-hydroxylation sites is 1. The number of anilines is 1. The molecule has 31 heavy (non-hydrogen) atoms. The number of rotatable bonds is 6. The van der Waals surface area contributed by atoms with Crippen molar-refractivity contribution >= 4 is 50.2 Å². The molecular weight excluding hydrogens is 460 g/mol. The lowest BCUT2D eigenvalue weighted by molar-refractivity contribution is 0.0845. The molecule has 0 aliphatic rings. The van der Waals surface area contributed by atoms with Crippen molar-refractivity contribution in [2.45, 2.75) is 4.21 Å². The van der Waals surface area contributed by atoms with E-state index in [1.807, 2.05) is 0 Å². The zero-order chi connectivity index (χ0) is 21.8. The molecule has 3 heterocycles. The van der Waals surface area contributed by atoms with Gasteiger partial charge in [-0.05, 0) is 35.7 Å². The van der Waals surface area contributed by atoms with Gasteiger partial charge in [0.2, 0.25) is 0 Å². The molecule has 0 aliphatic heterocycles. The average molecular weight is 475 g/mol. The molecule has 0 bridgehead atoms. The van der Waals surface area contributed by atoms with Gasteiger partial charge in [-0.15, -0.1) is 22.7 Å². The largest absolute Gasteiger partial charge is 0.462 e. The van der Waals surface area contributed by atoms with Crippen LogP contribution in [-0.2, 0) is 10.0 Å². The molecule has 0 unspecified atom stereocenters. The second-order valence-corrected chi connectivity index (χ2v) is 9.72. The molecule has 0 radical (unpaired) electrons. The third kappa shape index (κ3) is 4.66. The summed E-state index contributed by atoms with van der Waals surface area (Å²) in [5.74, 6) is -0.793. The van der Waals surface area contributed by atoms with Crippen molar-refractivity contribution in [3.63, 3.8) is 0 Å². The number of nitrogens with one attached hydrogen (secondary N) is 3. The number of carbonyl (C=O) groups excluding carboxylic acids is 2. The van der Waals surface area contributed by atoms with Gasteiger partial charge in [-0.2, -0.15) is 0 Å². The second kappa shape index (κ2) is 8.71. The van der Waals surface area contributed by atoms with Gasteiger partial charge < -0.3 is 4.42 Å². The first-order chi connectivity index (χ1) is 14.9. The normalized spacial score (nSPS) is 11.1. The molecule has 158 valence electrons. The molecule has 0 spiro atoms. The molecule has 1 aromatic carbocycles. The van der Waals surface area contributed by atoms with E-state index in [0.29, 0.717) is 10.8 Å². The van der Waals surface area contributed by atoms with Gasteiger partial charge in [0.05, 0.1) is 17.5 Å². The predicted molar refractivity (Wildman–Crippen MR) is 116 cm³/mol. The number of hydrogen-bond acceptors (Lipinski definition) is 8. The minimum atomic E-state index is -3.84. The fraction of sp³-hybridized carbons (Fsp3) is 0. The fourth-order valence-corrected chi connectivity index (χ4v) is 5.36. The highest BCUT2D eigenvalue weighted by Crippen LogP contribution is 2.24. The van der Waals surface area contributed by atoms with Crippen molar-refractivity contribution in [3.8, 4) is 10.8 Å². The Bertz CT molecular complexity index is 1310. The summed E-state index contributed by atoms with van der Waals surface area (Å²) in [6.45, 7) is 0. The van der Waals surface area contributed by atoms with E-state index in [9.17, 15) is 18.0 Å². The Labute approximate surface area is 184 Å². The smallest absolute Gasteiger partial charge is 0.289 e. The number of amides is 2. The van der Waals surface area contributed by atoms with Crippen LogP contribution in [0.25, 0.3) is 10.8 Å². The maximum absolute atomic E-state index is 12.6. The number of carbonyl (C=O) groups is 2. The van der Waals surface area contributed by atoms with Gasteiger partial charge in [0.1, 0.15) is 9.90 Å². The number of nitrogens with zero attached hydrogens (tertiary/aromatic N) is 1. The summed E-state index contributed by atoms with van der Waals surface area (Å²) in [6.07, 6.45) is 1.50. The number of furan rings is 1. The standard InChI is InChI=1S/C19H14N4O5S3/c24-17(21-22-18(25)14-11-30-19(20-14)15-7-3-9-28-15)12-5-1-2-6-13(12)23-31(26,27)16-8-4-10-29-16/h1-11,23H,(H,21,24)(H,22,25). The lowest BCUT2D eigenvalue weighted by atomic mass is 10.2. The first-order valence-corrected chi connectivity index (χ1v) is 11.9. The Morgan fingerprint density at radius 3 is 2.48 bits per heavy atom. The van der Waals surface area contributed by atoms with Crippen LogP contribution in [0, 0.1) is 0 Å². The molecule has 3 aromatic heterocycles. The van der Waals surface area contributed by atoms with Gasteiger partial charge in [-0.3, -0.25) is 25.2 Å². The number of hydrogen-bond donors (Lipinski definition) is 3. The van der Waals surface area contributed by atoms with Crippen LogP contribution in [0.1, 0.15) is 20.8 Å². The highest BCUT2D eigenvalue weighted by atomic mass is 32.2. The molecule has 3 N–H and O–H groups in total. The Balaban J connectivity index is 1.44. The molecule has 0 fully saturated rings. The second-order valence-electron chi connectivity index (χ2n) is 6.01. The average Bonchev–Trinajstić information content (AvgIpc) is 3.53. The molecule has 12 heteroatoms. The van der Waals surface area contributed by atoms with Crippen LogP contribution in [0.5, 0.6) is 0 Å². The van der Waals surface area contributed by atoms with Crippen molar-refractivity contribution in [1.29, 1.82) is 0 Å². The minimum Gasteiger partial charge on any atom is -0.462 e. The number of thiophene rings is 1. The first kappa shape index (κ1) is 20.8. The van der Waals surface area contributed by atoms with Crippen molar-refractivity contribution in [2.75, 3.05) is 4.72 Å². The minimum absolute atomic E-state index is 0.0393. The summed E-state index contributed by atoms with van der Waals surface area (Å²) in [4.78, 5) is 29.1. The van der Waals surface area contributed by atoms with Gasteiger partial charge >= 0.3 is 0 Å². The van der Waals surface area contributed by atoms with Gasteiger partial charge in [0.15, 0.2) is 10.8 Å². The Hall–Kier alpha value is -3.48. The van der Waals surface area contributed by atoms with E-state index in [-0.39, 0.29) is 21.2 Å². The number of thiazole rings is 1. The van der Waals surface area contributed by atoms with E-state index >= 15 is 0 Å². The Morgan fingerprint density at radius 2 is 1.74 bits per heavy atom. The first-order valence-electron chi connectivity index (χ1n) is 8.69. The molecule has 0 saturated carbocycles. The number of benzene rings is 1. The van der Waals surface area contributed by atoms with Crippen LogP contribution in [-0.4, -0.2) is 25.2 Å². The van der Waals surface area contributed by atoms with Crippen LogP contribution in [0.4, 0.5) is 5.69 Å². The topological polar surface area (TPSA) is 130 Å². The summed E-state index contributed by atoms with van der Waals surface area (Å²) in [5, 5.41) is 3.69. The van der Waals surface area contributed by atoms with E-state index in [2.05, 4.69) is 20.6 Å². The summed E-state index contributed by atoms with van der Waals surface area (Å²) in [6, 6.07) is 12.6. The van der Waals surface area contributed by atoms with Crippen LogP contribution < -0.4 is 15.6 Å². The van der Waals surface area contributed by atoms with Crippen molar-refractivity contribution in [3.05, 3.63) is 76.8 Å². The Morgan fingerprint density at radius 1 is 0.935 bits per heavy atom. The molecule has 2 amide bonds. The highest BCUT2D eigenvalue weighted by Gasteiger charge is 2.20. The van der Waals surface area contributed by atoms with Gasteiger partial charge in [-0.1, -0.05) is 18.2 Å². The molecular formula is C19H14N4O5S3. The summed E-state index contributed by atoms with van der Waals surface area (Å²) >= 11 is 2.27. The zero-order valence-corrected chi connectivity index (χ0v) is 18.0.